The Morgan fingerprint density at radius 1 is 1.29 bits per heavy atom. The van der Waals surface area contributed by atoms with E-state index in [1.807, 2.05) is 0 Å². The summed E-state index contributed by atoms with van der Waals surface area (Å²) in [4.78, 5) is 12.1. The van der Waals surface area contributed by atoms with Crippen LogP contribution in [0.1, 0.15) is 5.56 Å². The molecule has 2 aromatic rings. The van der Waals surface area contributed by atoms with Gasteiger partial charge in [0.2, 0.25) is 15.9 Å². The average molecular weight is 367 g/mol. The molecule has 1 aromatic carbocycles. The molecule has 24 heavy (non-hydrogen) atoms. The second-order valence-corrected chi connectivity index (χ2v) is 7.74. The van der Waals surface area contributed by atoms with Gasteiger partial charge in [0.15, 0.2) is 6.20 Å². The Kier molecular flexibility index (Phi) is 5.81. The maximum Gasteiger partial charge on any atom is 0.251 e. The number of rotatable bonds is 6. The molecule has 0 aliphatic rings. The number of carbonyl (C=O) groups is 1. The molecule has 0 aliphatic carbocycles. The number of pyridine rings is 1. The lowest BCUT2D eigenvalue weighted by molar-refractivity contribution is -0.645. The number of hydrogen-bond donors (Lipinski definition) is 2. The van der Waals surface area contributed by atoms with Gasteiger partial charge in [0.1, 0.15) is 0 Å². The van der Waals surface area contributed by atoms with Gasteiger partial charge in [0.05, 0.1) is 10.6 Å². The van der Waals surface area contributed by atoms with Gasteiger partial charge in [-0.05, 0) is 49.5 Å². The van der Waals surface area contributed by atoms with E-state index in [1.165, 1.54) is 19.3 Å². The van der Waals surface area contributed by atoms with Crippen LogP contribution < -0.4 is 14.8 Å². The summed E-state index contributed by atoms with van der Waals surface area (Å²) in [7, 11) is -2.27. The highest BCUT2D eigenvalue weighted by molar-refractivity contribution is 7.99. The Bertz CT molecular complexity index is 854. The van der Waals surface area contributed by atoms with E-state index in [9.17, 15) is 18.4 Å². The molecule has 0 saturated carbocycles. The molecule has 0 aliphatic heterocycles. The SMILES string of the molecule is CNS(=O)(=O)c1cc(NC(=O)CSc2cccc[n+]2[O-])ccc1C. The van der Waals surface area contributed by atoms with Crippen molar-refractivity contribution < 1.29 is 17.9 Å². The minimum Gasteiger partial charge on any atom is -0.618 e. The standard InChI is InChI=1S/C15H17N3O4S2/c1-11-6-7-12(9-13(11)24(21,22)16-2)17-14(19)10-23-15-5-3-4-8-18(15)20/h3-9,16H,10H2,1-2H3,(H,17,19). The summed E-state index contributed by atoms with van der Waals surface area (Å²) in [5.41, 5.74) is 0.955. The van der Waals surface area contributed by atoms with Gasteiger partial charge in [-0.3, -0.25) is 4.79 Å². The van der Waals surface area contributed by atoms with Crippen molar-refractivity contribution in [1.29, 1.82) is 0 Å². The number of anilines is 1. The minimum absolute atomic E-state index is 0.0360. The molecule has 2 N–H and O–H groups in total. The zero-order valence-corrected chi connectivity index (χ0v) is 14.8. The van der Waals surface area contributed by atoms with E-state index in [0.717, 1.165) is 11.8 Å². The molecule has 0 radical (unpaired) electrons. The molecule has 7 nitrogen and oxygen atoms in total. The van der Waals surface area contributed by atoms with E-state index >= 15 is 0 Å². The number of thioether (sulfide) groups is 1. The number of sulfonamides is 1. The van der Waals surface area contributed by atoms with Gasteiger partial charge >= 0.3 is 0 Å². The summed E-state index contributed by atoms with van der Waals surface area (Å²) in [6.45, 7) is 1.67. The zero-order valence-electron chi connectivity index (χ0n) is 13.1. The second kappa shape index (κ2) is 7.65. The smallest absolute Gasteiger partial charge is 0.251 e. The van der Waals surface area contributed by atoms with Gasteiger partial charge in [-0.1, -0.05) is 6.07 Å². The largest absolute Gasteiger partial charge is 0.618 e. The lowest BCUT2D eigenvalue weighted by Gasteiger charge is -2.10. The first kappa shape index (κ1) is 18.2. The van der Waals surface area contributed by atoms with Gasteiger partial charge in [0.25, 0.3) is 5.03 Å². The molecule has 0 spiro atoms. The third-order valence-electron chi connectivity index (χ3n) is 3.17. The molecule has 1 amide bonds. The maximum absolute atomic E-state index is 12.0. The van der Waals surface area contributed by atoms with Crippen LogP contribution in [0.4, 0.5) is 5.69 Å². The Labute approximate surface area is 144 Å². The summed E-state index contributed by atoms with van der Waals surface area (Å²) in [5, 5.41) is 14.6. The van der Waals surface area contributed by atoms with Crippen molar-refractivity contribution >= 4 is 33.4 Å². The lowest BCUT2D eigenvalue weighted by Crippen LogP contribution is -2.28. The molecule has 0 fully saturated rings. The number of aromatic nitrogens is 1. The number of aryl methyl sites for hydroxylation is 1. The Balaban J connectivity index is 2.07. The molecule has 128 valence electrons. The topological polar surface area (TPSA) is 102 Å². The predicted octanol–water partition coefficient (Wildman–Crippen LogP) is 1.27. The fourth-order valence-electron chi connectivity index (χ4n) is 1.94. The molecule has 0 atom stereocenters. The highest BCUT2D eigenvalue weighted by Gasteiger charge is 2.16. The van der Waals surface area contributed by atoms with Gasteiger partial charge in [-0.25, -0.2) is 13.1 Å². The summed E-state index contributed by atoms with van der Waals surface area (Å²) < 4.78 is 26.8. The third kappa shape index (κ3) is 4.47. The van der Waals surface area contributed by atoms with E-state index in [2.05, 4.69) is 10.0 Å². The van der Waals surface area contributed by atoms with Crippen molar-refractivity contribution in [2.75, 3.05) is 18.1 Å². The van der Waals surface area contributed by atoms with Crippen molar-refractivity contribution in [3.8, 4) is 0 Å². The van der Waals surface area contributed by atoms with Crippen LogP contribution in [0, 0.1) is 12.1 Å². The van der Waals surface area contributed by atoms with Gasteiger partial charge in [-0.2, -0.15) is 4.73 Å². The summed E-state index contributed by atoms with van der Waals surface area (Å²) in [5.74, 6) is -0.297. The highest BCUT2D eigenvalue weighted by atomic mass is 32.2. The highest BCUT2D eigenvalue weighted by Crippen LogP contribution is 2.20. The van der Waals surface area contributed by atoms with Crippen LogP contribution in [0.2, 0.25) is 0 Å². The van der Waals surface area contributed by atoms with Crippen LogP contribution in [0.3, 0.4) is 0 Å². The molecule has 9 heteroatoms. The number of carbonyl (C=O) groups excluding carboxylic acids is 1. The van der Waals surface area contributed by atoms with E-state index in [0.29, 0.717) is 21.0 Å². The van der Waals surface area contributed by atoms with E-state index in [-0.39, 0.29) is 16.6 Å². The van der Waals surface area contributed by atoms with Crippen molar-refractivity contribution in [3.05, 3.63) is 53.4 Å². The summed E-state index contributed by atoms with van der Waals surface area (Å²) >= 11 is 1.10. The quantitative estimate of drug-likeness (QED) is 0.455. The van der Waals surface area contributed by atoms with Crippen molar-refractivity contribution in [3.63, 3.8) is 0 Å². The van der Waals surface area contributed by atoms with Crippen LogP contribution in [0.25, 0.3) is 0 Å². The van der Waals surface area contributed by atoms with Gasteiger partial charge < -0.3 is 10.5 Å². The van der Waals surface area contributed by atoms with E-state index in [1.54, 1.807) is 37.3 Å². The number of nitrogens with one attached hydrogen (secondary N) is 2. The monoisotopic (exact) mass is 367 g/mol. The Morgan fingerprint density at radius 2 is 2.04 bits per heavy atom. The lowest BCUT2D eigenvalue weighted by atomic mass is 10.2. The zero-order chi connectivity index (χ0) is 17.7. The van der Waals surface area contributed by atoms with Crippen molar-refractivity contribution in [2.45, 2.75) is 16.8 Å². The molecule has 0 saturated heterocycles. The number of hydrogen-bond acceptors (Lipinski definition) is 5. The first-order valence-corrected chi connectivity index (χ1v) is 9.45. The van der Waals surface area contributed by atoms with E-state index in [4.69, 9.17) is 0 Å². The summed E-state index contributed by atoms with van der Waals surface area (Å²) in [6, 6.07) is 9.59. The first-order valence-electron chi connectivity index (χ1n) is 6.98. The first-order chi connectivity index (χ1) is 11.3. The molecule has 1 aromatic heterocycles. The minimum atomic E-state index is -3.60. The summed E-state index contributed by atoms with van der Waals surface area (Å²) in [6.07, 6.45) is 1.36. The van der Waals surface area contributed by atoms with Crippen molar-refractivity contribution in [1.82, 2.24) is 4.72 Å². The van der Waals surface area contributed by atoms with Crippen LogP contribution in [-0.2, 0) is 14.8 Å². The molecule has 1 heterocycles. The second-order valence-electron chi connectivity index (χ2n) is 4.89. The van der Waals surface area contributed by atoms with Gasteiger partial charge in [-0.15, -0.1) is 0 Å². The molecular formula is C15H17N3O4S2. The molecule has 0 unspecified atom stereocenters. The maximum atomic E-state index is 12.0. The fraction of sp³-hybridized carbons (Fsp3) is 0.200. The average Bonchev–Trinajstić information content (AvgIpc) is 2.55. The molecular weight excluding hydrogens is 350 g/mol. The van der Waals surface area contributed by atoms with Crippen LogP contribution >= 0.6 is 11.8 Å². The molecule has 0 bridgehead atoms. The predicted molar refractivity (Wildman–Crippen MR) is 92.2 cm³/mol. The van der Waals surface area contributed by atoms with Crippen LogP contribution in [0.5, 0.6) is 0 Å². The Morgan fingerprint density at radius 3 is 2.71 bits per heavy atom. The number of benzene rings is 1. The third-order valence-corrected chi connectivity index (χ3v) is 5.74. The van der Waals surface area contributed by atoms with Gasteiger partial charge in [0, 0.05) is 17.8 Å². The number of amides is 1. The van der Waals surface area contributed by atoms with E-state index < -0.39 is 10.0 Å². The number of nitrogens with zero attached hydrogens (tertiary/aromatic N) is 1. The Hall–Kier alpha value is -2.10. The van der Waals surface area contributed by atoms with Crippen molar-refractivity contribution in [2.24, 2.45) is 0 Å². The fourth-order valence-corrected chi connectivity index (χ4v) is 3.65. The normalized spacial score (nSPS) is 11.2. The van der Waals surface area contributed by atoms with Crippen LogP contribution in [0.15, 0.2) is 52.5 Å². The molecule has 2 rings (SSSR count). The van der Waals surface area contributed by atoms with Crippen LogP contribution in [-0.4, -0.2) is 27.1 Å².